The molecule has 0 heterocycles. The van der Waals surface area contributed by atoms with Crippen molar-refractivity contribution in [1.29, 1.82) is 0 Å². The van der Waals surface area contributed by atoms with Crippen LogP contribution in [0, 0.1) is 0 Å². The predicted octanol–water partition coefficient (Wildman–Crippen LogP) is 6.26. The second kappa shape index (κ2) is 10.3. The minimum Gasteiger partial charge on any atom is -0.494 e. The van der Waals surface area contributed by atoms with Crippen LogP contribution in [0.3, 0.4) is 0 Å². The van der Waals surface area contributed by atoms with Crippen molar-refractivity contribution in [2.45, 2.75) is 33.1 Å². The molecule has 2 aromatic carbocycles. The van der Waals surface area contributed by atoms with E-state index in [0.29, 0.717) is 23.7 Å². The molecule has 3 heteroatoms. The van der Waals surface area contributed by atoms with Crippen LogP contribution in [0.5, 0.6) is 5.75 Å². The highest BCUT2D eigenvalue weighted by molar-refractivity contribution is 5.88. The average Bonchev–Trinajstić information content (AvgIpc) is 2.68. The van der Waals surface area contributed by atoms with Crippen LogP contribution < -0.4 is 4.74 Å². The molecule has 28 heavy (non-hydrogen) atoms. The summed E-state index contributed by atoms with van der Waals surface area (Å²) in [6, 6.07) is 16.0. The highest BCUT2D eigenvalue weighted by Crippen LogP contribution is 2.23. The van der Waals surface area contributed by atoms with E-state index in [1.807, 2.05) is 19.1 Å². The van der Waals surface area contributed by atoms with Gasteiger partial charge in [-0.05, 0) is 67.5 Å². The number of hydrogen-bond acceptors (Lipinski definition) is 3. The van der Waals surface area contributed by atoms with Gasteiger partial charge in [-0.1, -0.05) is 56.1 Å². The predicted molar refractivity (Wildman–Crippen MR) is 115 cm³/mol. The van der Waals surface area contributed by atoms with E-state index in [0.717, 1.165) is 36.0 Å². The number of allylic oxidation sites excluding steroid dienone is 1. The van der Waals surface area contributed by atoms with Crippen molar-refractivity contribution in [3.8, 4) is 16.9 Å². The molecule has 3 nitrogen and oxygen atoms in total. The number of benzene rings is 2. The first kappa shape index (κ1) is 21.2. The number of esters is 1. The van der Waals surface area contributed by atoms with Gasteiger partial charge >= 0.3 is 5.97 Å². The fourth-order valence-electron chi connectivity index (χ4n) is 2.52. The molecule has 0 atom stereocenters. The van der Waals surface area contributed by atoms with Gasteiger partial charge in [-0.25, -0.2) is 4.79 Å². The van der Waals surface area contributed by atoms with Crippen LogP contribution in [0.25, 0.3) is 11.1 Å². The highest BCUT2D eigenvalue weighted by atomic mass is 16.5. The van der Waals surface area contributed by atoms with E-state index in [-0.39, 0.29) is 0 Å². The summed E-state index contributed by atoms with van der Waals surface area (Å²) in [6.45, 7) is 15.4. The van der Waals surface area contributed by atoms with Crippen LogP contribution in [0.15, 0.2) is 85.2 Å². The number of aryl methyl sites for hydroxylation is 1. The maximum atomic E-state index is 11.6. The Kier molecular flexibility index (Phi) is 7.82. The van der Waals surface area contributed by atoms with E-state index < -0.39 is 5.97 Å². The van der Waals surface area contributed by atoms with Gasteiger partial charge in [0.2, 0.25) is 0 Å². The Morgan fingerprint density at radius 3 is 1.93 bits per heavy atom. The summed E-state index contributed by atoms with van der Waals surface area (Å²) in [7, 11) is 0. The van der Waals surface area contributed by atoms with Gasteiger partial charge in [0.15, 0.2) is 0 Å². The van der Waals surface area contributed by atoms with Crippen LogP contribution >= 0.6 is 0 Å². The highest BCUT2D eigenvalue weighted by Gasteiger charge is 2.06. The molecular weight excluding hydrogens is 348 g/mol. The smallest absolute Gasteiger partial charge is 0.338 e. The van der Waals surface area contributed by atoms with Crippen LogP contribution in [-0.4, -0.2) is 12.6 Å². The molecular formula is C25H28O3. The van der Waals surface area contributed by atoms with Crippen molar-refractivity contribution < 1.29 is 14.3 Å². The Morgan fingerprint density at radius 1 is 0.821 bits per heavy atom. The Morgan fingerprint density at radius 2 is 1.39 bits per heavy atom. The Bertz CT molecular complexity index is 842. The number of ether oxygens (including phenoxy) is 2. The van der Waals surface area contributed by atoms with Gasteiger partial charge in [-0.15, -0.1) is 0 Å². The summed E-state index contributed by atoms with van der Waals surface area (Å²) >= 11 is 0. The average molecular weight is 376 g/mol. The molecule has 0 amide bonds. The van der Waals surface area contributed by atoms with Crippen LogP contribution in [0.1, 0.15) is 32.3 Å². The largest absolute Gasteiger partial charge is 0.494 e. The monoisotopic (exact) mass is 376 g/mol. The van der Waals surface area contributed by atoms with Crippen LogP contribution in [-0.2, 0) is 16.0 Å². The molecule has 0 aliphatic rings. The molecule has 0 fully saturated rings. The first-order valence-corrected chi connectivity index (χ1v) is 9.41. The normalized spacial score (nSPS) is 10.2. The molecule has 0 aromatic heterocycles. The standard InChI is InChI=1S/C25H28O3/c1-18(2)20(5)27-17-7-6-8-21-9-11-22(12-10-21)23-13-15-24(16-14-23)28-25(26)19(3)4/h9-16H,1,3,5-8,17H2,2,4H3. The second-order valence-electron chi connectivity index (χ2n) is 6.90. The van der Waals surface area contributed by atoms with E-state index >= 15 is 0 Å². The number of carbonyl (C=O) groups excluding carboxylic acids is 1. The molecule has 2 aromatic rings. The van der Waals surface area contributed by atoms with Gasteiger partial charge in [0, 0.05) is 5.57 Å². The van der Waals surface area contributed by atoms with Crippen molar-refractivity contribution >= 4 is 5.97 Å². The number of rotatable bonds is 10. The molecule has 0 saturated carbocycles. The van der Waals surface area contributed by atoms with Crippen molar-refractivity contribution in [2.75, 3.05) is 6.61 Å². The van der Waals surface area contributed by atoms with Crippen LogP contribution in [0.4, 0.5) is 0 Å². The van der Waals surface area contributed by atoms with E-state index in [9.17, 15) is 4.79 Å². The van der Waals surface area contributed by atoms with Gasteiger partial charge in [-0.3, -0.25) is 0 Å². The van der Waals surface area contributed by atoms with Crippen LogP contribution in [0.2, 0.25) is 0 Å². The number of hydrogen-bond donors (Lipinski definition) is 0. The van der Waals surface area contributed by atoms with Gasteiger partial charge < -0.3 is 9.47 Å². The van der Waals surface area contributed by atoms with E-state index in [1.54, 1.807) is 19.1 Å². The molecule has 0 saturated heterocycles. The Labute approximate surface area is 168 Å². The fraction of sp³-hybridized carbons (Fsp3) is 0.240. The SMILES string of the molecule is C=C(C)C(=C)OCCCCc1ccc(-c2ccc(OC(=O)C(=C)C)cc2)cc1. The third kappa shape index (κ3) is 6.58. The quantitative estimate of drug-likeness (QED) is 0.122. The second-order valence-corrected chi connectivity index (χ2v) is 6.90. The van der Waals surface area contributed by atoms with Crippen molar-refractivity contribution in [2.24, 2.45) is 0 Å². The minimum absolute atomic E-state index is 0.381. The zero-order chi connectivity index (χ0) is 20.5. The lowest BCUT2D eigenvalue weighted by Gasteiger charge is -2.09. The third-order valence-electron chi connectivity index (χ3n) is 4.31. The summed E-state index contributed by atoms with van der Waals surface area (Å²) < 4.78 is 10.8. The fourth-order valence-corrected chi connectivity index (χ4v) is 2.52. The van der Waals surface area contributed by atoms with Gasteiger partial charge in [0.05, 0.1) is 6.61 Å². The van der Waals surface area contributed by atoms with Gasteiger partial charge in [0.1, 0.15) is 11.5 Å². The van der Waals surface area contributed by atoms with Gasteiger partial charge in [-0.2, -0.15) is 0 Å². The summed E-state index contributed by atoms with van der Waals surface area (Å²) in [5.74, 6) is 0.779. The van der Waals surface area contributed by atoms with E-state index in [1.165, 1.54) is 5.56 Å². The first-order valence-electron chi connectivity index (χ1n) is 9.41. The van der Waals surface area contributed by atoms with Crippen molar-refractivity contribution in [1.82, 2.24) is 0 Å². The molecule has 0 radical (unpaired) electrons. The van der Waals surface area contributed by atoms with Crippen molar-refractivity contribution in [3.63, 3.8) is 0 Å². The zero-order valence-corrected chi connectivity index (χ0v) is 16.8. The molecule has 146 valence electrons. The number of carbonyl (C=O) groups is 1. The lowest BCUT2D eigenvalue weighted by Crippen LogP contribution is -2.07. The lowest BCUT2D eigenvalue weighted by molar-refractivity contribution is -0.130. The maximum Gasteiger partial charge on any atom is 0.338 e. The molecule has 2 rings (SSSR count). The minimum atomic E-state index is -0.411. The summed E-state index contributed by atoms with van der Waals surface area (Å²) in [6.07, 6.45) is 3.06. The molecule has 0 aliphatic carbocycles. The Hall–Kier alpha value is -3.07. The van der Waals surface area contributed by atoms with Gasteiger partial charge in [0.25, 0.3) is 0 Å². The molecule has 0 aliphatic heterocycles. The lowest BCUT2D eigenvalue weighted by atomic mass is 10.0. The third-order valence-corrected chi connectivity index (χ3v) is 4.31. The Balaban J connectivity index is 1.83. The summed E-state index contributed by atoms with van der Waals surface area (Å²) in [4.78, 5) is 11.6. The van der Waals surface area contributed by atoms with E-state index in [2.05, 4.69) is 44.0 Å². The molecule has 0 spiro atoms. The summed E-state index contributed by atoms with van der Waals surface area (Å²) in [5, 5.41) is 0. The molecule has 0 bridgehead atoms. The maximum absolute atomic E-state index is 11.6. The van der Waals surface area contributed by atoms with E-state index in [4.69, 9.17) is 9.47 Å². The molecule has 0 N–H and O–H groups in total. The first-order chi connectivity index (χ1) is 13.4. The molecule has 0 unspecified atom stereocenters. The zero-order valence-electron chi connectivity index (χ0n) is 16.8. The number of unbranched alkanes of at least 4 members (excludes halogenated alkanes) is 1. The van der Waals surface area contributed by atoms with Crippen molar-refractivity contribution in [3.05, 3.63) is 90.7 Å². The summed E-state index contributed by atoms with van der Waals surface area (Å²) in [5.41, 5.74) is 4.76. The topological polar surface area (TPSA) is 35.5 Å².